The van der Waals surface area contributed by atoms with Crippen molar-refractivity contribution < 1.29 is 14.6 Å². The van der Waals surface area contributed by atoms with E-state index in [9.17, 15) is 9.90 Å². The molecule has 102 valence electrons. The van der Waals surface area contributed by atoms with Gasteiger partial charge < -0.3 is 15.2 Å². The number of carboxylic acid groups (broad SMARTS) is 1. The molecule has 0 amide bonds. The molecule has 1 aromatic carbocycles. The molecule has 4 heteroatoms. The van der Waals surface area contributed by atoms with E-state index in [1.807, 2.05) is 0 Å². The highest BCUT2D eigenvalue weighted by Crippen LogP contribution is 2.27. The van der Waals surface area contributed by atoms with Gasteiger partial charge >= 0.3 is 5.97 Å². The van der Waals surface area contributed by atoms with Crippen molar-refractivity contribution in [2.45, 2.75) is 25.8 Å². The van der Waals surface area contributed by atoms with Crippen LogP contribution in [-0.2, 0) is 28.9 Å². The summed E-state index contributed by atoms with van der Waals surface area (Å²) in [6.07, 6.45) is 3.63. The highest BCUT2D eigenvalue weighted by atomic mass is 16.5. The Kier molecular flexibility index (Phi) is 3.29. The third-order valence-electron chi connectivity index (χ3n) is 4.17. The van der Waals surface area contributed by atoms with Crippen LogP contribution in [0.1, 0.15) is 23.1 Å². The molecule has 0 aromatic heterocycles. The van der Waals surface area contributed by atoms with Gasteiger partial charge in [-0.25, -0.2) is 0 Å². The van der Waals surface area contributed by atoms with Crippen LogP contribution in [0.25, 0.3) is 0 Å². The summed E-state index contributed by atoms with van der Waals surface area (Å²) >= 11 is 0. The van der Waals surface area contributed by atoms with Crippen LogP contribution in [0.3, 0.4) is 0 Å². The van der Waals surface area contributed by atoms with Gasteiger partial charge in [0.1, 0.15) is 5.41 Å². The van der Waals surface area contributed by atoms with Gasteiger partial charge in [0.2, 0.25) is 0 Å². The van der Waals surface area contributed by atoms with Gasteiger partial charge in [-0.15, -0.1) is 0 Å². The minimum absolute atomic E-state index is 0.319. The van der Waals surface area contributed by atoms with Gasteiger partial charge in [0, 0.05) is 13.1 Å². The zero-order valence-electron chi connectivity index (χ0n) is 10.9. The Morgan fingerprint density at radius 3 is 2.79 bits per heavy atom. The summed E-state index contributed by atoms with van der Waals surface area (Å²) in [4.78, 5) is 11.2. The molecule has 2 aliphatic rings. The monoisotopic (exact) mass is 261 g/mol. The van der Waals surface area contributed by atoms with Crippen molar-refractivity contribution in [3.8, 4) is 0 Å². The molecule has 19 heavy (non-hydrogen) atoms. The van der Waals surface area contributed by atoms with Gasteiger partial charge in [0.05, 0.1) is 13.2 Å². The van der Waals surface area contributed by atoms with E-state index >= 15 is 0 Å². The summed E-state index contributed by atoms with van der Waals surface area (Å²) in [5.41, 5.74) is 3.45. The molecule has 0 atom stereocenters. The second kappa shape index (κ2) is 4.94. The number of rotatable bonds is 5. The number of fused-ring (bicyclic) bond motifs is 1. The van der Waals surface area contributed by atoms with E-state index in [0.29, 0.717) is 19.8 Å². The maximum Gasteiger partial charge on any atom is 0.315 e. The van der Waals surface area contributed by atoms with Crippen LogP contribution in [0.15, 0.2) is 18.2 Å². The molecule has 0 radical (unpaired) electrons. The van der Waals surface area contributed by atoms with Crippen molar-refractivity contribution in [3.05, 3.63) is 34.9 Å². The average molecular weight is 261 g/mol. The van der Waals surface area contributed by atoms with Gasteiger partial charge in [0.15, 0.2) is 0 Å². The lowest BCUT2D eigenvalue weighted by molar-refractivity contribution is -0.178. The van der Waals surface area contributed by atoms with Crippen LogP contribution in [0.2, 0.25) is 0 Å². The van der Waals surface area contributed by atoms with Crippen molar-refractivity contribution in [1.29, 1.82) is 0 Å². The molecule has 1 aromatic rings. The van der Waals surface area contributed by atoms with Crippen molar-refractivity contribution >= 4 is 5.97 Å². The first kappa shape index (κ1) is 12.6. The lowest BCUT2D eigenvalue weighted by Crippen LogP contribution is -2.55. The summed E-state index contributed by atoms with van der Waals surface area (Å²) < 4.78 is 5.04. The van der Waals surface area contributed by atoms with Crippen LogP contribution in [-0.4, -0.2) is 30.8 Å². The normalized spacial score (nSPS) is 19.8. The number of hydrogen-bond acceptors (Lipinski definition) is 3. The number of aliphatic carboxylic acids is 1. The number of ether oxygens (including phenoxy) is 1. The number of hydrogen-bond donors (Lipinski definition) is 2. The van der Waals surface area contributed by atoms with Gasteiger partial charge in [-0.1, -0.05) is 18.2 Å². The summed E-state index contributed by atoms with van der Waals surface area (Å²) in [6, 6.07) is 6.60. The Balaban J connectivity index is 1.56. The molecule has 1 heterocycles. The molecule has 1 aliphatic carbocycles. The smallest absolute Gasteiger partial charge is 0.315 e. The molecular weight excluding hydrogens is 242 g/mol. The molecule has 0 unspecified atom stereocenters. The number of nitrogens with one attached hydrogen (secondary N) is 1. The van der Waals surface area contributed by atoms with E-state index in [-0.39, 0.29) is 0 Å². The van der Waals surface area contributed by atoms with Crippen LogP contribution in [0.4, 0.5) is 0 Å². The predicted molar refractivity (Wildman–Crippen MR) is 71.1 cm³/mol. The van der Waals surface area contributed by atoms with Gasteiger partial charge in [-0.3, -0.25) is 4.79 Å². The first-order valence-electron chi connectivity index (χ1n) is 6.82. The third-order valence-corrected chi connectivity index (χ3v) is 4.17. The lowest BCUT2D eigenvalue weighted by Gasteiger charge is -2.37. The summed E-state index contributed by atoms with van der Waals surface area (Å²) in [5.74, 6) is -0.764. The highest BCUT2D eigenvalue weighted by molar-refractivity contribution is 5.76. The Morgan fingerprint density at radius 1 is 1.32 bits per heavy atom. The summed E-state index contributed by atoms with van der Waals surface area (Å²) in [5, 5.41) is 12.4. The molecule has 1 fully saturated rings. The number of benzene rings is 1. The molecule has 0 spiro atoms. The van der Waals surface area contributed by atoms with Crippen molar-refractivity contribution in [2.24, 2.45) is 5.41 Å². The molecular formula is C15H19NO3. The number of carbonyl (C=O) groups is 1. The molecule has 0 bridgehead atoms. The lowest BCUT2D eigenvalue weighted by atomic mass is 9.86. The van der Waals surface area contributed by atoms with E-state index in [4.69, 9.17) is 4.74 Å². The predicted octanol–water partition coefficient (Wildman–Crippen LogP) is 1.37. The molecule has 3 rings (SSSR count). The quantitative estimate of drug-likeness (QED) is 0.840. The van der Waals surface area contributed by atoms with E-state index in [0.717, 1.165) is 6.54 Å². The van der Waals surface area contributed by atoms with Crippen molar-refractivity contribution in [1.82, 2.24) is 5.32 Å². The summed E-state index contributed by atoms with van der Waals surface area (Å²) in [6.45, 7) is 1.83. The molecule has 1 saturated heterocycles. The van der Waals surface area contributed by atoms with Crippen molar-refractivity contribution in [3.63, 3.8) is 0 Å². The first-order chi connectivity index (χ1) is 9.20. The maximum absolute atomic E-state index is 11.2. The van der Waals surface area contributed by atoms with Crippen LogP contribution >= 0.6 is 0 Å². The number of aryl methyl sites for hydroxylation is 2. The molecule has 4 nitrogen and oxygen atoms in total. The van der Waals surface area contributed by atoms with Gasteiger partial charge in [0.25, 0.3) is 0 Å². The second-order valence-electron chi connectivity index (χ2n) is 5.64. The summed E-state index contributed by atoms with van der Waals surface area (Å²) in [7, 11) is 0. The fourth-order valence-electron chi connectivity index (χ4n) is 2.83. The van der Waals surface area contributed by atoms with Crippen LogP contribution < -0.4 is 5.32 Å². The molecule has 1 aliphatic heterocycles. The minimum atomic E-state index is -0.764. The average Bonchev–Trinajstić information content (AvgIpc) is 2.79. The first-order valence-corrected chi connectivity index (χ1v) is 6.82. The zero-order chi connectivity index (χ0) is 13.3. The van der Waals surface area contributed by atoms with E-state index in [1.54, 1.807) is 0 Å². The fraction of sp³-hybridized carbons (Fsp3) is 0.533. The minimum Gasteiger partial charge on any atom is -0.481 e. The molecule has 0 saturated carbocycles. The highest BCUT2D eigenvalue weighted by Gasteiger charge is 2.45. The number of carboxylic acids is 1. The van der Waals surface area contributed by atoms with Crippen LogP contribution in [0.5, 0.6) is 0 Å². The van der Waals surface area contributed by atoms with Gasteiger partial charge in [-0.2, -0.15) is 0 Å². The third kappa shape index (κ3) is 2.38. The van der Waals surface area contributed by atoms with E-state index in [2.05, 4.69) is 23.5 Å². The zero-order valence-corrected chi connectivity index (χ0v) is 10.9. The van der Waals surface area contributed by atoms with E-state index in [1.165, 1.54) is 36.0 Å². The Labute approximate surface area is 112 Å². The van der Waals surface area contributed by atoms with Crippen LogP contribution in [0, 0.1) is 5.41 Å². The SMILES string of the molecule is O=C(O)C1(CNCc2ccc3c(c2)CCC3)COC1. The Hall–Kier alpha value is -1.39. The topological polar surface area (TPSA) is 58.6 Å². The fourth-order valence-corrected chi connectivity index (χ4v) is 2.83. The molecule has 2 N–H and O–H groups in total. The van der Waals surface area contributed by atoms with Gasteiger partial charge in [-0.05, 0) is 36.0 Å². The Morgan fingerprint density at radius 2 is 2.11 bits per heavy atom. The van der Waals surface area contributed by atoms with Crippen molar-refractivity contribution in [2.75, 3.05) is 19.8 Å². The Bertz CT molecular complexity index is 494. The van der Waals surface area contributed by atoms with E-state index < -0.39 is 11.4 Å². The standard InChI is InChI=1S/C15H19NO3/c17-14(18)15(9-19-10-15)8-16-7-11-4-5-12-2-1-3-13(12)6-11/h4-6,16H,1-3,7-10H2,(H,17,18). The second-order valence-corrected chi connectivity index (χ2v) is 5.64. The largest absolute Gasteiger partial charge is 0.481 e. The maximum atomic E-state index is 11.2.